The van der Waals surface area contributed by atoms with Crippen LogP contribution < -0.4 is 0 Å². The van der Waals surface area contributed by atoms with Crippen molar-refractivity contribution in [3.63, 3.8) is 0 Å². The molecule has 0 aliphatic rings. The van der Waals surface area contributed by atoms with E-state index in [1.54, 1.807) is 24.3 Å². The van der Waals surface area contributed by atoms with E-state index < -0.39 is 23.3 Å². The van der Waals surface area contributed by atoms with Crippen molar-refractivity contribution in [1.29, 1.82) is 0 Å². The molecule has 0 amide bonds. The normalized spacial score (nSPS) is 11.5. The van der Waals surface area contributed by atoms with E-state index in [-0.39, 0.29) is 62.8 Å². The molecule has 0 saturated carbocycles. The zero-order valence-electron chi connectivity index (χ0n) is 25.9. The molecule has 9 heteroatoms. The molecule has 44 heavy (non-hydrogen) atoms. The molecule has 4 aromatic rings. The zero-order valence-corrected chi connectivity index (χ0v) is 27.4. The molecule has 0 aliphatic carbocycles. The Kier molecular flexibility index (Phi) is 13.8. The predicted octanol–water partition coefficient (Wildman–Crippen LogP) is 9.88. The minimum absolute atomic E-state index is 0. The minimum atomic E-state index is -0.738. The molecule has 0 heterocycles. The summed E-state index contributed by atoms with van der Waals surface area (Å²) in [6, 6.07) is 17.6. The summed E-state index contributed by atoms with van der Waals surface area (Å²) in [6.45, 7) is 11.8. The average molecular weight is 642 g/mol. The van der Waals surface area contributed by atoms with Crippen molar-refractivity contribution in [3.05, 3.63) is 126 Å². The number of benzene rings is 4. The van der Waals surface area contributed by atoms with Crippen molar-refractivity contribution < 1.29 is 49.5 Å². The molecule has 0 unspecified atom stereocenters. The number of hydrogen-bond donors (Lipinski definition) is 2. The first-order chi connectivity index (χ1) is 19.6. The van der Waals surface area contributed by atoms with Crippen molar-refractivity contribution in [1.82, 2.24) is 0 Å². The standard InChI is InChI=1S/2C17H17F2NO.CH3.Ti/c2*1-17(2,3)12-7-4-6-11(16(12)21)10-20-15-13(18)8-5-9-14(15)19;;/h2*4-10,21H,1-3H3;1H3;/q;;-1;+2. The predicted molar refractivity (Wildman–Crippen MR) is 167 cm³/mol. The number of hydrogen-bond acceptors (Lipinski definition) is 4. The van der Waals surface area contributed by atoms with Crippen LogP contribution in [0.25, 0.3) is 0 Å². The first-order valence-corrected chi connectivity index (χ1v) is 13.2. The third kappa shape index (κ3) is 9.63. The van der Waals surface area contributed by atoms with E-state index in [1.807, 2.05) is 53.7 Å². The quantitative estimate of drug-likeness (QED) is 0.101. The second-order valence-corrected chi connectivity index (χ2v) is 11.6. The van der Waals surface area contributed by atoms with Crippen LogP contribution >= 0.6 is 0 Å². The van der Waals surface area contributed by atoms with Crippen molar-refractivity contribution in [2.75, 3.05) is 0 Å². The molecule has 0 radical (unpaired) electrons. The van der Waals surface area contributed by atoms with Gasteiger partial charge in [-0.1, -0.05) is 77.9 Å². The Balaban J connectivity index is 0.000000421. The average Bonchev–Trinajstić information content (AvgIpc) is 2.89. The van der Waals surface area contributed by atoms with Gasteiger partial charge in [0, 0.05) is 23.6 Å². The van der Waals surface area contributed by atoms with Gasteiger partial charge in [0.05, 0.1) is 0 Å². The van der Waals surface area contributed by atoms with Crippen LogP contribution in [0.2, 0.25) is 0 Å². The molecule has 0 atom stereocenters. The van der Waals surface area contributed by atoms with Crippen LogP contribution in [-0.4, -0.2) is 22.6 Å². The summed E-state index contributed by atoms with van der Waals surface area (Å²) in [7, 11) is 0. The van der Waals surface area contributed by atoms with E-state index in [2.05, 4.69) is 9.98 Å². The third-order valence-electron chi connectivity index (χ3n) is 6.29. The number of nitrogens with zero attached hydrogens (tertiary/aromatic N) is 2. The minimum Gasteiger partial charge on any atom is -0.507 e. The van der Waals surface area contributed by atoms with Crippen molar-refractivity contribution >= 4 is 23.8 Å². The smallest absolute Gasteiger partial charge is 0.507 e. The van der Waals surface area contributed by atoms with E-state index in [4.69, 9.17) is 0 Å². The van der Waals surface area contributed by atoms with E-state index in [1.165, 1.54) is 24.6 Å². The molecule has 4 nitrogen and oxygen atoms in total. The summed E-state index contributed by atoms with van der Waals surface area (Å²) >= 11 is 0. The summed E-state index contributed by atoms with van der Waals surface area (Å²) in [6.07, 6.45) is 2.54. The molecule has 2 N–H and O–H groups in total. The number of rotatable bonds is 4. The Hall–Kier alpha value is -3.75. The van der Waals surface area contributed by atoms with Crippen LogP contribution in [0.1, 0.15) is 63.8 Å². The fourth-order valence-electron chi connectivity index (χ4n) is 4.03. The van der Waals surface area contributed by atoms with Crippen LogP contribution in [0.3, 0.4) is 0 Å². The van der Waals surface area contributed by atoms with Gasteiger partial charge >= 0.3 is 21.7 Å². The van der Waals surface area contributed by atoms with Gasteiger partial charge in [0.15, 0.2) is 23.3 Å². The molecule has 4 rings (SSSR count). The number of halogens is 4. The van der Waals surface area contributed by atoms with Crippen LogP contribution in [0.15, 0.2) is 82.8 Å². The maximum absolute atomic E-state index is 13.5. The van der Waals surface area contributed by atoms with Crippen LogP contribution in [0.5, 0.6) is 11.5 Å². The Bertz CT molecular complexity index is 1460. The molecule has 4 aromatic carbocycles. The SMILES string of the molecule is CC(C)(C)c1cccc(C=Nc2c(F)cccc2F)c1O.CC(C)(C)c1cccc(C=Nc2c(F)cccc2F)c1O.[CH3-].[Ti+2]. The van der Waals surface area contributed by atoms with Crippen molar-refractivity contribution in [2.45, 2.75) is 52.4 Å². The molecule has 0 aliphatic heterocycles. The second-order valence-electron chi connectivity index (χ2n) is 11.6. The molecular formula is C35H37F4N2O2Ti+. The van der Waals surface area contributed by atoms with Gasteiger partial charge in [-0.05, 0) is 58.4 Å². The molecule has 0 aromatic heterocycles. The fourth-order valence-corrected chi connectivity index (χ4v) is 4.03. The number of phenols is 2. The van der Waals surface area contributed by atoms with E-state index in [9.17, 15) is 27.8 Å². The summed E-state index contributed by atoms with van der Waals surface area (Å²) < 4.78 is 54.0. The van der Waals surface area contributed by atoms with Crippen molar-refractivity contribution in [2.24, 2.45) is 9.98 Å². The van der Waals surface area contributed by atoms with Gasteiger partial charge in [0.25, 0.3) is 0 Å². The number of aliphatic imine (C=N–C) groups is 2. The molecule has 0 fully saturated rings. The Morgan fingerprint density at radius 1 is 0.523 bits per heavy atom. The van der Waals surface area contributed by atoms with Crippen LogP contribution in [0.4, 0.5) is 28.9 Å². The number of para-hydroxylation sites is 4. The fraction of sp³-hybridized carbons (Fsp3) is 0.229. The summed E-state index contributed by atoms with van der Waals surface area (Å²) in [5.74, 6) is -2.80. The summed E-state index contributed by atoms with van der Waals surface area (Å²) in [4.78, 5) is 7.65. The van der Waals surface area contributed by atoms with E-state index >= 15 is 0 Å². The van der Waals surface area contributed by atoms with Gasteiger partial charge in [-0.15, -0.1) is 0 Å². The van der Waals surface area contributed by atoms with E-state index in [0.29, 0.717) is 11.1 Å². The first kappa shape index (κ1) is 38.3. The Morgan fingerprint density at radius 2 is 0.795 bits per heavy atom. The van der Waals surface area contributed by atoms with Gasteiger partial charge in [-0.3, -0.25) is 0 Å². The van der Waals surface area contributed by atoms with Gasteiger partial charge < -0.3 is 17.6 Å². The Morgan fingerprint density at radius 3 is 1.07 bits per heavy atom. The van der Waals surface area contributed by atoms with E-state index in [0.717, 1.165) is 35.4 Å². The molecule has 0 bridgehead atoms. The largest absolute Gasteiger partial charge is 2.00 e. The van der Waals surface area contributed by atoms with Gasteiger partial charge in [-0.2, -0.15) is 0 Å². The van der Waals surface area contributed by atoms with Gasteiger partial charge in [0.1, 0.15) is 22.9 Å². The molecule has 0 saturated heterocycles. The molecular weight excluding hydrogens is 604 g/mol. The first-order valence-electron chi connectivity index (χ1n) is 13.2. The molecule has 0 spiro atoms. The third-order valence-corrected chi connectivity index (χ3v) is 6.29. The van der Waals surface area contributed by atoms with Gasteiger partial charge in [0.2, 0.25) is 0 Å². The maximum Gasteiger partial charge on any atom is 2.00 e. The number of phenolic OH excluding ortho intramolecular Hbond substituents is 2. The van der Waals surface area contributed by atoms with Crippen molar-refractivity contribution in [3.8, 4) is 11.5 Å². The van der Waals surface area contributed by atoms with Gasteiger partial charge in [-0.25, -0.2) is 27.5 Å². The Labute approximate surface area is 272 Å². The monoisotopic (exact) mass is 641 g/mol. The summed E-state index contributed by atoms with van der Waals surface area (Å²) in [5.41, 5.74) is 1.14. The maximum atomic E-state index is 13.5. The van der Waals surface area contributed by atoms with Crippen LogP contribution in [0, 0.1) is 30.7 Å². The topological polar surface area (TPSA) is 65.2 Å². The second kappa shape index (κ2) is 15.8. The zero-order chi connectivity index (χ0) is 31.2. The number of aromatic hydroxyl groups is 2. The summed E-state index contributed by atoms with van der Waals surface area (Å²) in [5, 5.41) is 20.5. The molecule has 230 valence electrons. The van der Waals surface area contributed by atoms with Crippen LogP contribution in [-0.2, 0) is 32.5 Å².